The molecule has 7 heteroatoms. The molecule has 2 heterocycles. The van der Waals surface area contributed by atoms with E-state index in [0.717, 1.165) is 11.3 Å². The molecule has 0 spiro atoms. The summed E-state index contributed by atoms with van der Waals surface area (Å²) in [5, 5.41) is 4.51. The van der Waals surface area contributed by atoms with Crippen molar-refractivity contribution < 1.29 is 9.26 Å². The first-order valence-electron chi connectivity index (χ1n) is 7.66. The van der Waals surface area contributed by atoms with Gasteiger partial charge in [-0.2, -0.15) is 4.98 Å². The predicted octanol–water partition coefficient (Wildman–Crippen LogP) is 2.50. The molecule has 124 valence electrons. The van der Waals surface area contributed by atoms with Gasteiger partial charge in [-0.15, -0.1) is 0 Å². The van der Waals surface area contributed by atoms with Crippen LogP contribution in [0.5, 0.6) is 5.75 Å². The summed E-state index contributed by atoms with van der Waals surface area (Å²) >= 11 is 0. The number of methoxy groups -OCH3 is 1. The SMILES string of the molecule is COc1ccc(-c2nc(Cn3cnc4ccccc4c3=O)no2)cc1. The van der Waals surface area contributed by atoms with Crippen molar-refractivity contribution >= 4 is 10.9 Å². The third-order valence-corrected chi connectivity index (χ3v) is 3.85. The summed E-state index contributed by atoms with van der Waals surface area (Å²) in [6.07, 6.45) is 1.49. The highest BCUT2D eigenvalue weighted by atomic mass is 16.5. The van der Waals surface area contributed by atoms with Gasteiger partial charge in [-0.1, -0.05) is 17.3 Å². The quantitative estimate of drug-likeness (QED) is 0.570. The molecule has 4 aromatic rings. The van der Waals surface area contributed by atoms with Crippen LogP contribution in [0.2, 0.25) is 0 Å². The fourth-order valence-electron chi connectivity index (χ4n) is 2.54. The fourth-order valence-corrected chi connectivity index (χ4v) is 2.54. The van der Waals surface area contributed by atoms with E-state index in [1.165, 1.54) is 10.9 Å². The normalized spacial score (nSPS) is 10.9. The smallest absolute Gasteiger partial charge is 0.261 e. The maximum absolute atomic E-state index is 12.5. The Bertz CT molecular complexity index is 1080. The Morgan fingerprint density at radius 2 is 1.92 bits per heavy atom. The van der Waals surface area contributed by atoms with Crippen molar-refractivity contribution in [2.45, 2.75) is 6.54 Å². The van der Waals surface area contributed by atoms with E-state index in [1.54, 1.807) is 19.2 Å². The van der Waals surface area contributed by atoms with Gasteiger partial charge in [-0.3, -0.25) is 9.36 Å². The summed E-state index contributed by atoms with van der Waals surface area (Å²) in [5.41, 5.74) is 1.31. The summed E-state index contributed by atoms with van der Waals surface area (Å²) in [6.45, 7) is 0.191. The minimum absolute atomic E-state index is 0.138. The van der Waals surface area contributed by atoms with Gasteiger partial charge in [0.05, 0.1) is 30.9 Å². The number of fused-ring (bicyclic) bond motifs is 1. The van der Waals surface area contributed by atoms with E-state index < -0.39 is 0 Å². The van der Waals surface area contributed by atoms with Crippen LogP contribution in [0.4, 0.5) is 0 Å². The lowest BCUT2D eigenvalue weighted by atomic mass is 10.2. The van der Waals surface area contributed by atoms with Crippen LogP contribution in [0.1, 0.15) is 5.82 Å². The van der Waals surface area contributed by atoms with Gasteiger partial charge in [-0.05, 0) is 36.4 Å². The molecule has 0 aliphatic carbocycles. The first-order chi connectivity index (χ1) is 12.2. The van der Waals surface area contributed by atoms with Gasteiger partial charge in [0.25, 0.3) is 11.4 Å². The van der Waals surface area contributed by atoms with Crippen LogP contribution >= 0.6 is 0 Å². The van der Waals surface area contributed by atoms with Gasteiger partial charge in [0.15, 0.2) is 5.82 Å². The summed E-state index contributed by atoms with van der Waals surface area (Å²) in [4.78, 5) is 21.1. The molecule has 0 aliphatic heterocycles. The second-order valence-electron chi connectivity index (χ2n) is 5.44. The molecule has 0 N–H and O–H groups in total. The van der Waals surface area contributed by atoms with E-state index in [4.69, 9.17) is 9.26 Å². The molecule has 0 bridgehead atoms. The van der Waals surface area contributed by atoms with Crippen molar-refractivity contribution in [3.63, 3.8) is 0 Å². The molecule has 2 aromatic carbocycles. The van der Waals surface area contributed by atoms with E-state index >= 15 is 0 Å². The molecule has 0 radical (unpaired) electrons. The number of ether oxygens (including phenoxy) is 1. The molecule has 7 nitrogen and oxygen atoms in total. The minimum atomic E-state index is -0.138. The maximum atomic E-state index is 12.5. The van der Waals surface area contributed by atoms with Crippen LogP contribution in [-0.2, 0) is 6.54 Å². The zero-order chi connectivity index (χ0) is 17.2. The number of benzene rings is 2. The third-order valence-electron chi connectivity index (χ3n) is 3.85. The van der Waals surface area contributed by atoms with Crippen molar-refractivity contribution in [2.75, 3.05) is 7.11 Å². The molecule has 0 aliphatic rings. The summed E-state index contributed by atoms with van der Waals surface area (Å²) < 4.78 is 11.9. The molecule has 0 saturated carbocycles. The monoisotopic (exact) mass is 334 g/mol. The molecule has 0 amide bonds. The number of nitrogens with zero attached hydrogens (tertiary/aromatic N) is 4. The van der Waals surface area contributed by atoms with Crippen molar-refractivity contribution in [3.8, 4) is 17.2 Å². The van der Waals surface area contributed by atoms with Gasteiger partial charge in [-0.25, -0.2) is 4.98 Å². The number of hydrogen-bond acceptors (Lipinski definition) is 6. The first-order valence-corrected chi connectivity index (χ1v) is 7.66. The van der Waals surface area contributed by atoms with E-state index in [2.05, 4.69) is 15.1 Å². The summed E-state index contributed by atoms with van der Waals surface area (Å²) in [7, 11) is 1.61. The van der Waals surface area contributed by atoms with E-state index in [0.29, 0.717) is 22.6 Å². The molecule has 0 saturated heterocycles. The van der Waals surface area contributed by atoms with E-state index in [1.807, 2.05) is 36.4 Å². The van der Waals surface area contributed by atoms with Crippen LogP contribution in [-0.4, -0.2) is 26.8 Å². The lowest BCUT2D eigenvalue weighted by Crippen LogP contribution is -2.21. The average molecular weight is 334 g/mol. The van der Waals surface area contributed by atoms with Crippen molar-refractivity contribution in [1.82, 2.24) is 19.7 Å². The standard InChI is InChI=1S/C18H14N4O3/c1-24-13-8-6-12(7-9-13)17-20-16(21-25-17)10-22-11-19-15-5-3-2-4-14(15)18(22)23/h2-9,11H,10H2,1H3. The highest BCUT2D eigenvalue weighted by molar-refractivity contribution is 5.76. The first kappa shape index (κ1) is 15.1. The fraction of sp³-hybridized carbons (Fsp3) is 0.111. The second kappa shape index (κ2) is 6.20. The maximum Gasteiger partial charge on any atom is 0.261 e. The highest BCUT2D eigenvalue weighted by Gasteiger charge is 2.11. The van der Waals surface area contributed by atoms with Gasteiger partial charge < -0.3 is 9.26 Å². The Kier molecular flexibility index (Phi) is 3.74. The molecule has 0 atom stereocenters. The highest BCUT2D eigenvalue weighted by Crippen LogP contribution is 2.20. The summed E-state index contributed by atoms with van der Waals surface area (Å²) in [5.74, 6) is 1.54. The number of aromatic nitrogens is 4. The largest absolute Gasteiger partial charge is 0.497 e. The minimum Gasteiger partial charge on any atom is -0.497 e. The Balaban J connectivity index is 1.63. The molecular formula is C18H14N4O3. The number of para-hydroxylation sites is 1. The molecule has 2 aromatic heterocycles. The van der Waals surface area contributed by atoms with Crippen LogP contribution in [0.15, 0.2) is 64.2 Å². The van der Waals surface area contributed by atoms with Gasteiger partial charge in [0, 0.05) is 5.56 Å². The zero-order valence-electron chi connectivity index (χ0n) is 13.4. The Morgan fingerprint density at radius 1 is 1.12 bits per heavy atom. The Morgan fingerprint density at radius 3 is 2.72 bits per heavy atom. The second-order valence-corrected chi connectivity index (χ2v) is 5.44. The van der Waals surface area contributed by atoms with E-state index in [-0.39, 0.29) is 12.1 Å². The van der Waals surface area contributed by atoms with Crippen LogP contribution in [0, 0.1) is 0 Å². The molecular weight excluding hydrogens is 320 g/mol. The van der Waals surface area contributed by atoms with Gasteiger partial charge in [0.2, 0.25) is 0 Å². The van der Waals surface area contributed by atoms with Crippen LogP contribution in [0.3, 0.4) is 0 Å². The average Bonchev–Trinajstić information content (AvgIpc) is 3.13. The van der Waals surface area contributed by atoms with Crippen molar-refractivity contribution in [2.24, 2.45) is 0 Å². The number of hydrogen-bond donors (Lipinski definition) is 0. The Hall–Kier alpha value is -3.48. The summed E-state index contributed by atoms with van der Waals surface area (Å²) in [6, 6.07) is 14.5. The molecule has 0 fully saturated rings. The van der Waals surface area contributed by atoms with Gasteiger partial charge >= 0.3 is 0 Å². The molecule has 0 unspecified atom stereocenters. The topological polar surface area (TPSA) is 83.0 Å². The van der Waals surface area contributed by atoms with Crippen molar-refractivity contribution in [3.05, 3.63) is 71.0 Å². The molecule has 25 heavy (non-hydrogen) atoms. The predicted molar refractivity (Wildman–Crippen MR) is 91.4 cm³/mol. The van der Waals surface area contributed by atoms with Gasteiger partial charge in [0.1, 0.15) is 5.75 Å². The van der Waals surface area contributed by atoms with Crippen LogP contribution < -0.4 is 10.3 Å². The zero-order valence-corrected chi connectivity index (χ0v) is 13.4. The Labute approximate surface area is 142 Å². The van der Waals surface area contributed by atoms with E-state index in [9.17, 15) is 4.79 Å². The van der Waals surface area contributed by atoms with Crippen molar-refractivity contribution in [1.29, 1.82) is 0 Å². The lowest BCUT2D eigenvalue weighted by molar-refractivity contribution is 0.413. The number of rotatable bonds is 4. The molecule has 4 rings (SSSR count). The van der Waals surface area contributed by atoms with Crippen LogP contribution in [0.25, 0.3) is 22.4 Å². The third kappa shape index (κ3) is 2.87. The lowest BCUT2D eigenvalue weighted by Gasteiger charge is -2.03.